The molecule has 6 rings (SSSR count). The fourth-order valence-corrected chi connectivity index (χ4v) is 6.78. The summed E-state index contributed by atoms with van der Waals surface area (Å²) in [6.45, 7) is 3.52. The maximum Gasteiger partial charge on any atom is 0.418 e. The van der Waals surface area contributed by atoms with E-state index in [1.54, 1.807) is 24.3 Å². The van der Waals surface area contributed by atoms with E-state index in [-0.39, 0.29) is 36.6 Å². The molecule has 3 heterocycles. The number of rotatable bonds is 12. The molecule has 11 nitrogen and oxygen atoms in total. The molecule has 1 saturated carbocycles. The first kappa shape index (κ1) is 38.4. The second kappa shape index (κ2) is 13.8. The summed E-state index contributed by atoms with van der Waals surface area (Å²) in [6.07, 6.45) is -4.37. The van der Waals surface area contributed by atoms with E-state index in [0.29, 0.717) is 21.4 Å². The van der Waals surface area contributed by atoms with Crippen molar-refractivity contribution in [3.8, 4) is 16.8 Å². The highest BCUT2D eigenvalue weighted by Gasteiger charge is 2.55. The van der Waals surface area contributed by atoms with E-state index in [0.717, 1.165) is 34.1 Å². The third kappa shape index (κ3) is 7.42. The Morgan fingerprint density at radius 1 is 1.00 bits per heavy atom. The van der Waals surface area contributed by atoms with Crippen LogP contribution in [0.3, 0.4) is 0 Å². The minimum absolute atomic E-state index is 0.0418. The van der Waals surface area contributed by atoms with Crippen molar-refractivity contribution in [3.05, 3.63) is 83.7 Å². The van der Waals surface area contributed by atoms with Gasteiger partial charge in [0.05, 0.1) is 29.9 Å². The van der Waals surface area contributed by atoms with Crippen LogP contribution in [0.25, 0.3) is 16.8 Å². The van der Waals surface area contributed by atoms with Crippen LogP contribution in [0.15, 0.2) is 66.2 Å². The van der Waals surface area contributed by atoms with Gasteiger partial charge in [0.1, 0.15) is 18.8 Å². The van der Waals surface area contributed by atoms with Crippen molar-refractivity contribution >= 4 is 17.8 Å². The number of aromatic nitrogens is 5. The lowest BCUT2D eigenvalue weighted by Gasteiger charge is -2.35. The van der Waals surface area contributed by atoms with Crippen LogP contribution in [-0.2, 0) is 26.0 Å². The Labute approximate surface area is 305 Å². The van der Waals surface area contributed by atoms with Crippen molar-refractivity contribution in [2.24, 2.45) is 21.6 Å². The molecule has 1 aliphatic carbocycles. The number of nitrogens with two attached hydrogens (primary N) is 1. The Balaban J connectivity index is 1.42. The fraction of sp³-hybridized carbons (Fsp3) is 0.444. The number of esters is 1. The summed E-state index contributed by atoms with van der Waals surface area (Å²) in [5, 5.41) is 7.61. The molecule has 0 radical (unpaired) electrons. The van der Waals surface area contributed by atoms with Crippen LogP contribution >= 0.6 is 0 Å². The number of ether oxygens (including phenoxy) is 1. The standard InChI is InChI=1S/C36H37F7N8O3/c1-20-45-19-47-51(20)26-13-22(7-10-25(26)36(41,42)43)27(17-54-28(52)14-34(11-12-34)29(37)38)50-30(53)35(48-32(50)44,18-33(2,3)4)24-8-5-21(6-9-24)23-15-46-49(16-23)31(39)40/h5-10,13,15-16,19,27,29,31H,11-12,14,17-18H2,1-4H3,(H2,44,48)/t27-,35-/m1/s1. The number of benzene rings is 2. The zero-order valence-corrected chi connectivity index (χ0v) is 29.6. The monoisotopic (exact) mass is 762 g/mol. The lowest BCUT2D eigenvalue weighted by Crippen LogP contribution is -2.47. The topological polar surface area (TPSA) is 134 Å². The molecule has 2 atom stereocenters. The molecule has 288 valence electrons. The first-order chi connectivity index (χ1) is 25.2. The summed E-state index contributed by atoms with van der Waals surface area (Å²) in [5.74, 6) is -1.89. The SMILES string of the molecule is Cc1ncnn1-c1cc([C@@H](COC(=O)CC2(C(F)F)CC2)N2C(=O)[C@@](CC(C)(C)C)(c3ccc(-c4cnn(C(F)F)c4)cc3)N=C2N)ccc1C(F)(F)F. The Kier molecular flexibility index (Phi) is 9.85. The lowest BCUT2D eigenvalue weighted by molar-refractivity contribution is -0.150. The minimum atomic E-state index is -4.84. The van der Waals surface area contributed by atoms with E-state index in [1.807, 2.05) is 20.8 Å². The number of carbonyl (C=O) groups excluding carboxylic acids is 2. The van der Waals surface area contributed by atoms with E-state index in [4.69, 9.17) is 10.5 Å². The number of alkyl halides is 7. The summed E-state index contributed by atoms with van der Waals surface area (Å²) in [5.41, 5.74) is 2.55. The first-order valence-electron chi connectivity index (χ1n) is 16.9. The van der Waals surface area contributed by atoms with Crippen LogP contribution in [0.5, 0.6) is 0 Å². The maximum atomic E-state index is 14.9. The fourth-order valence-electron chi connectivity index (χ4n) is 6.78. The van der Waals surface area contributed by atoms with Gasteiger partial charge < -0.3 is 10.5 Å². The Bertz CT molecular complexity index is 2070. The van der Waals surface area contributed by atoms with Gasteiger partial charge in [-0.2, -0.15) is 32.1 Å². The first-order valence-corrected chi connectivity index (χ1v) is 16.9. The third-order valence-corrected chi connectivity index (χ3v) is 9.63. The molecule has 2 aromatic heterocycles. The van der Waals surface area contributed by atoms with Gasteiger partial charge in [0.15, 0.2) is 11.5 Å². The summed E-state index contributed by atoms with van der Waals surface area (Å²) in [6, 6.07) is 8.05. The normalized spacial score (nSPS) is 19.1. The van der Waals surface area contributed by atoms with Gasteiger partial charge in [0, 0.05) is 17.2 Å². The molecule has 0 saturated heterocycles. The molecular formula is C36H37F7N8O3. The Hall–Kier alpha value is -5.29. The van der Waals surface area contributed by atoms with Gasteiger partial charge >= 0.3 is 18.7 Å². The van der Waals surface area contributed by atoms with Crippen molar-refractivity contribution in [1.82, 2.24) is 29.4 Å². The van der Waals surface area contributed by atoms with Crippen molar-refractivity contribution in [1.29, 1.82) is 0 Å². The smallest absolute Gasteiger partial charge is 0.418 e. The van der Waals surface area contributed by atoms with E-state index in [2.05, 4.69) is 20.2 Å². The van der Waals surface area contributed by atoms with E-state index < -0.39 is 77.7 Å². The van der Waals surface area contributed by atoms with Gasteiger partial charge in [0.25, 0.3) is 5.91 Å². The number of halogens is 7. The Morgan fingerprint density at radius 3 is 2.22 bits per heavy atom. The van der Waals surface area contributed by atoms with Gasteiger partial charge in [0.2, 0.25) is 6.43 Å². The summed E-state index contributed by atoms with van der Waals surface area (Å²) < 4.78 is 104. The minimum Gasteiger partial charge on any atom is -0.463 e. The highest BCUT2D eigenvalue weighted by atomic mass is 19.4. The summed E-state index contributed by atoms with van der Waals surface area (Å²) in [7, 11) is 0. The van der Waals surface area contributed by atoms with Crippen molar-refractivity contribution < 1.29 is 45.1 Å². The maximum absolute atomic E-state index is 14.9. The predicted octanol–water partition coefficient (Wildman–Crippen LogP) is 7.36. The molecule has 0 bridgehead atoms. The quantitative estimate of drug-likeness (QED) is 0.118. The number of aryl methyl sites for hydroxylation is 1. The number of amides is 1. The van der Waals surface area contributed by atoms with Crippen LogP contribution in [0.4, 0.5) is 30.7 Å². The van der Waals surface area contributed by atoms with E-state index >= 15 is 0 Å². The molecule has 1 aliphatic heterocycles. The predicted molar refractivity (Wildman–Crippen MR) is 180 cm³/mol. The average Bonchev–Trinajstić information content (AvgIpc) is 3.38. The molecule has 2 aromatic carbocycles. The van der Waals surface area contributed by atoms with Crippen molar-refractivity contribution in [3.63, 3.8) is 0 Å². The number of hydrogen-bond acceptors (Lipinski definition) is 8. The molecule has 0 unspecified atom stereocenters. The molecular weight excluding hydrogens is 725 g/mol. The average molecular weight is 763 g/mol. The molecule has 2 aliphatic rings. The molecule has 1 amide bonds. The second-order valence-electron chi connectivity index (χ2n) is 14.8. The van der Waals surface area contributed by atoms with E-state index in [9.17, 15) is 40.3 Å². The number of hydrogen-bond donors (Lipinski definition) is 1. The van der Waals surface area contributed by atoms with E-state index in [1.165, 1.54) is 19.3 Å². The molecule has 2 N–H and O–H groups in total. The van der Waals surface area contributed by atoms with Crippen molar-refractivity contribution in [2.75, 3.05) is 6.61 Å². The zero-order chi connectivity index (χ0) is 39.4. The van der Waals surface area contributed by atoms with Crippen LogP contribution in [0.1, 0.15) is 81.6 Å². The van der Waals surface area contributed by atoms with Gasteiger partial charge in [-0.1, -0.05) is 51.1 Å². The largest absolute Gasteiger partial charge is 0.463 e. The molecule has 0 spiro atoms. The van der Waals surface area contributed by atoms with Crippen LogP contribution < -0.4 is 5.73 Å². The molecule has 54 heavy (non-hydrogen) atoms. The van der Waals surface area contributed by atoms with Gasteiger partial charge in [-0.25, -0.2) is 28.1 Å². The number of guanidine groups is 1. The molecule has 18 heteroatoms. The lowest BCUT2D eigenvalue weighted by atomic mass is 9.75. The summed E-state index contributed by atoms with van der Waals surface area (Å²) in [4.78, 5) is 37.6. The van der Waals surface area contributed by atoms with Crippen LogP contribution in [0.2, 0.25) is 0 Å². The molecule has 4 aromatic rings. The Morgan fingerprint density at radius 2 is 1.69 bits per heavy atom. The van der Waals surface area contributed by atoms with Crippen molar-refractivity contribution in [2.45, 2.75) is 84.1 Å². The highest BCUT2D eigenvalue weighted by Crippen LogP contribution is 2.54. The van der Waals surface area contributed by atoms with Gasteiger partial charge in [-0.3, -0.25) is 14.5 Å². The van der Waals surface area contributed by atoms with Gasteiger partial charge in [-0.15, -0.1) is 0 Å². The number of carbonyl (C=O) groups is 2. The highest BCUT2D eigenvalue weighted by molar-refractivity contribution is 6.07. The van der Waals surface area contributed by atoms with Crippen LogP contribution in [0, 0.1) is 17.8 Å². The number of nitrogens with zero attached hydrogens (tertiary/aromatic N) is 7. The summed E-state index contributed by atoms with van der Waals surface area (Å²) >= 11 is 0. The number of aliphatic imine (C=N–C) groups is 1. The second-order valence-corrected chi connectivity index (χ2v) is 14.8. The molecule has 1 fully saturated rings. The zero-order valence-electron chi connectivity index (χ0n) is 29.6. The van der Waals surface area contributed by atoms with Crippen LogP contribution in [-0.4, -0.2) is 60.3 Å². The van der Waals surface area contributed by atoms with Gasteiger partial charge in [-0.05, 0) is 60.4 Å². The third-order valence-electron chi connectivity index (χ3n) is 9.63.